The predicted octanol–water partition coefficient (Wildman–Crippen LogP) is 5.56. The lowest BCUT2D eigenvalue weighted by molar-refractivity contribution is -0.137. The van der Waals surface area contributed by atoms with Gasteiger partial charge in [-0.15, -0.1) is 0 Å². The summed E-state index contributed by atoms with van der Waals surface area (Å²) in [5, 5.41) is 5.15. The summed E-state index contributed by atoms with van der Waals surface area (Å²) in [6, 6.07) is 9.54. The van der Waals surface area contributed by atoms with Gasteiger partial charge in [0, 0.05) is 15.2 Å². The quantitative estimate of drug-likeness (QED) is 0.678. The molecule has 0 aromatic heterocycles. The van der Waals surface area contributed by atoms with Crippen molar-refractivity contribution in [2.45, 2.75) is 19.1 Å². The summed E-state index contributed by atoms with van der Waals surface area (Å²) in [7, 11) is 0. The van der Waals surface area contributed by atoms with E-state index in [1.807, 2.05) is 0 Å². The van der Waals surface area contributed by atoms with Crippen LogP contribution in [-0.4, -0.2) is 11.9 Å². The number of nitrogens with one attached hydrogen (secondary N) is 2. The van der Waals surface area contributed by atoms with Gasteiger partial charge in [-0.2, -0.15) is 13.2 Å². The van der Waals surface area contributed by atoms with Crippen molar-refractivity contribution in [1.29, 1.82) is 0 Å². The van der Waals surface area contributed by atoms with Gasteiger partial charge in [0.2, 0.25) is 5.91 Å². The van der Waals surface area contributed by atoms with E-state index in [0.717, 1.165) is 16.6 Å². The molecule has 2 aromatic carbocycles. The van der Waals surface area contributed by atoms with Crippen LogP contribution >= 0.6 is 27.5 Å². The third-order valence-electron chi connectivity index (χ3n) is 3.17. The molecular formula is C16H13BrClF3N2O. The first kappa shape index (κ1) is 18.6. The van der Waals surface area contributed by atoms with Crippen molar-refractivity contribution in [3.63, 3.8) is 0 Å². The maximum atomic E-state index is 13.0. The fraction of sp³-hybridized carbons (Fsp3) is 0.188. The zero-order chi connectivity index (χ0) is 17.9. The minimum absolute atomic E-state index is 0.0543. The van der Waals surface area contributed by atoms with E-state index >= 15 is 0 Å². The van der Waals surface area contributed by atoms with Crippen molar-refractivity contribution in [1.82, 2.24) is 0 Å². The Morgan fingerprint density at radius 2 is 1.79 bits per heavy atom. The second-order valence-corrected chi connectivity index (χ2v) is 6.40. The molecule has 0 aliphatic heterocycles. The highest BCUT2D eigenvalue weighted by Crippen LogP contribution is 2.36. The second kappa shape index (κ2) is 7.44. The lowest BCUT2D eigenvalue weighted by atomic mass is 10.1. The fourth-order valence-electron chi connectivity index (χ4n) is 1.96. The Bertz CT molecular complexity index is 735. The van der Waals surface area contributed by atoms with Crippen LogP contribution < -0.4 is 10.6 Å². The lowest BCUT2D eigenvalue weighted by Gasteiger charge is -2.18. The number of amides is 1. The molecule has 0 saturated heterocycles. The second-order valence-electron chi connectivity index (χ2n) is 5.05. The van der Waals surface area contributed by atoms with Gasteiger partial charge in [0.05, 0.1) is 11.3 Å². The van der Waals surface area contributed by atoms with Crippen molar-refractivity contribution in [2.24, 2.45) is 0 Å². The van der Waals surface area contributed by atoms with E-state index in [1.54, 1.807) is 31.2 Å². The van der Waals surface area contributed by atoms with E-state index in [1.165, 1.54) is 6.07 Å². The van der Waals surface area contributed by atoms with E-state index in [2.05, 4.69) is 26.6 Å². The minimum atomic E-state index is -4.62. The Labute approximate surface area is 150 Å². The van der Waals surface area contributed by atoms with Crippen LogP contribution in [0, 0.1) is 0 Å². The van der Waals surface area contributed by atoms with Gasteiger partial charge in [0.15, 0.2) is 0 Å². The Morgan fingerprint density at radius 3 is 2.38 bits per heavy atom. The smallest absolute Gasteiger partial charge is 0.374 e. The minimum Gasteiger partial charge on any atom is -0.374 e. The molecule has 2 rings (SSSR count). The number of carbonyl (C=O) groups is 1. The molecule has 2 aromatic rings. The van der Waals surface area contributed by atoms with E-state index in [-0.39, 0.29) is 10.7 Å². The van der Waals surface area contributed by atoms with E-state index < -0.39 is 23.7 Å². The molecule has 1 amide bonds. The normalized spacial score (nSPS) is 12.6. The highest BCUT2D eigenvalue weighted by atomic mass is 79.9. The van der Waals surface area contributed by atoms with Crippen LogP contribution in [0.5, 0.6) is 0 Å². The Balaban J connectivity index is 2.13. The average Bonchev–Trinajstić information content (AvgIpc) is 2.50. The number of anilines is 2. The number of carbonyl (C=O) groups excluding carboxylic acids is 1. The van der Waals surface area contributed by atoms with E-state index in [0.29, 0.717) is 5.69 Å². The largest absolute Gasteiger partial charge is 0.418 e. The molecule has 0 aliphatic carbocycles. The van der Waals surface area contributed by atoms with Gasteiger partial charge in [-0.05, 0) is 49.4 Å². The summed E-state index contributed by atoms with van der Waals surface area (Å²) in [5.74, 6) is -0.592. The number of benzene rings is 2. The Morgan fingerprint density at radius 1 is 1.17 bits per heavy atom. The molecule has 1 atom stereocenters. The molecule has 0 heterocycles. The van der Waals surface area contributed by atoms with Crippen LogP contribution in [-0.2, 0) is 11.0 Å². The van der Waals surface area contributed by atoms with Crippen LogP contribution in [0.15, 0.2) is 46.9 Å². The van der Waals surface area contributed by atoms with Gasteiger partial charge in [-0.25, -0.2) is 0 Å². The molecule has 2 N–H and O–H groups in total. The molecule has 1 unspecified atom stereocenters. The molecule has 0 spiro atoms. The van der Waals surface area contributed by atoms with Gasteiger partial charge in [0.25, 0.3) is 0 Å². The molecule has 0 radical (unpaired) electrons. The number of hydrogen-bond donors (Lipinski definition) is 2. The molecule has 0 bridgehead atoms. The molecule has 3 nitrogen and oxygen atoms in total. The van der Waals surface area contributed by atoms with Gasteiger partial charge in [0.1, 0.15) is 6.04 Å². The molecule has 24 heavy (non-hydrogen) atoms. The summed E-state index contributed by atoms with van der Waals surface area (Å²) in [5.41, 5.74) is -0.645. The van der Waals surface area contributed by atoms with Crippen LogP contribution in [0.1, 0.15) is 12.5 Å². The maximum Gasteiger partial charge on any atom is 0.418 e. The van der Waals surface area contributed by atoms with Gasteiger partial charge < -0.3 is 10.6 Å². The molecule has 0 aliphatic rings. The fourth-order valence-corrected chi connectivity index (χ4v) is 2.40. The molecular weight excluding hydrogens is 409 g/mol. The molecule has 0 fully saturated rings. The summed E-state index contributed by atoms with van der Waals surface area (Å²) >= 11 is 8.91. The van der Waals surface area contributed by atoms with Crippen LogP contribution in [0.2, 0.25) is 5.02 Å². The van der Waals surface area contributed by atoms with Crippen molar-refractivity contribution < 1.29 is 18.0 Å². The summed E-state index contributed by atoms with van der Waals surface area (Å²) in [6.45, 7) is 1.56. The Hall–Kier alpha value is -1.73. The van der Waals surface area contributed by atoms with E-state index in [4.69, 9.17) is 11.6 Å². The highest BCUT2D eigenvalue weighted by molar-refractivity contribution is 9.10. The first-order valence-electron chi connectivity index (χ1n) is 6.86. The van der Waals surface area contributed by atoms with Crippen molar-refractivity contribution in [2.75, 3.05) is 10.6 Å². The van der Waals surface area contributed by atoms with E-state index in [9.17, 15) is 18.0 Å². The number of halogens is 5. The monoisotopic (exact) mass is 420 g/mol. The lowest BCUT2D eigenvalue weighted by Crippen LogP contribution is -2.32. The first-order valence-corrected chi connectivity index (χ1v) is 8.03. The Kier molecular flexibility index (Phi) is 5.77. The SMILES string of the molecule is CC(Nc1ccc(Br)cc1)C(=O)Nc1ccc(Cl)cc1C(F)(F)F. The zero-order valence-corrected chi connectivity index (χ0v) is 14.8. The summed E-state index contributed by atoms with van der Waals surface area (Å²) in [4.78, 5) is 12.2. The third-order valence-corrected chi connectivity index (χ3v) is 3.93. The average molecular weight is 422 g/mol. The van der Waals surface area contributed by atoms with Crippen LogP contribution in [0.25, 0.3) is 0 Å². The summed E-state index contributed by atoms with van der Waals surface area (Å²) in [6.07, 6.45) is -4.62. The van der Waals surface area contributed by atoms with Gasteiger partial charge >= 0.3 is 6.18 Å². The number of alkyl halides is 3. The zero-order valence-electron chi connectivity index (χ0n) is 12.4. The number of rotatable bonds is 4. The third kappa shape index (κ3) is 4.88. The number of hydrogen-bond acceptors (Lipinski definition) is 2. The molecule has 8 heteroatoms. The first-order chi connectivity index (χ1) is 11.2. The van der Waals surface area contributed by atoms with Crippen molar-refractivity contribution in [3.8, 4) is 0 Å². The summed E-state index contributed by atoms with van der Waals surface area (Å²) < 4.78 is 40.0. The van der Waals surface area contributed by atoms with Crippen molar-refractivity contribution >= 4 is 44.8 Å². The maximum absolute atomic E-state index is 13.0. The molecule has 128 valence electrons. The highest BCUT2D eigenvalue weighted by Gasteiger charge is 2.34. The van der Waals surface area contributed by atoms with Gasteiger partial charge in [-0.3, -0.25) is 4.79 Å². The van der Waals surface area contributed by atoms with Crippen molar-refractivity contribution in [3.05, 3.63) is 57.5 Å². The standard InChI is InChI=1S/C16H13BrClF3N2O/c1-9(22-12-5-2-10(17)3-6-12)15(24)23-14-7-4-11(18)8-13(14)16(19,20)21/h2-9,22H,1H3,(H,23,24). The topological polar surface area (TPSA) is 41.1 Å². The predicted molar refractivity (Wildman–Crippen MR) is 92.3 cm³/mol. The van der Waals surface area contributed by atoms with Crippen LogP contribution in [0.3, 0.4) is 0 Å². The molecule has 0 saturated carbocycles. The van der Waals surface area contributed by atoms with Gasteiger partial charge in [-0.1, -0.05) is 27.5 Å². The van der Waals surface area contributed by atoms with Crippen LogP contribution in [0.4, 0.5) is 24.5 Å².